The van der Waals surface area contributed by atoms with Crippen LogP contribution >= 0.6 is 0 Å². The Hall–Kier alpha value is -0.383. The maximum absolute atomic E-state index is 13.4. The quantitative estimate of drug-likeness (QED) is 0.415. The number of rotatable bonds is 3. The summed E-state index contributed by atoms with van der Waals surface area (Å²) in [5, 5.41) is 0. The van der Waals surface area contributed by atoms with E-state index in [9.17, 15) is 8.90 Å². The van der Waals surface area contributed by atoms with Crippen LogP contribution in [0.2, 0.25) is 19.1 Å². The van der Waals surface area contributed by atoms with E-state index in [2.05, 4.69) is 0 Å². The van der Waals surface area contributed by atoms with Crippen molar-refractivity contribution < 1.29 is 13.6 Å². The maximum atomic E-state index is 13.4. The van der Waals surface area contributed by atoms with Crippen molar-refractivity contribution in [2.24, 2.45) is 5.92 Å². The third-order valence-corrected chi connectivity index (χ3v) is 3.18. The summed E-state index contributed by atoms with van der Waals surface area (Å²) in [4.78, 5) is 11.5. The largest absolute Gasteiger partial charge is 0.460 e. The molecule has 0 aliphatic heterocycles. The van der Waals surface area contributed by atoms with Crippen LogP contribution in [0.25, 0.3) is 0 Å². The molecule has 0 aliphatic carbocycles. The minimum absolute atomic E-state index is 0.296. The van der Waals surface area contributed by atoms with E-state index in [-0.39, 0.29) is 11.9 Å². The molecule has 0 rings (SSSR count). The molecule has 84 valence electrons. The number of hydrogen-bond acceptors (Lipinski definition) is 2. The van der Waals surface area contributed by atoms with Crippen LogP contribution < -0.4 is 0 Å². The SMILES string of the molecule is CC(C[Si](C)(C)F)C(=O)OC(C)(C)C. The van der Waals surface area contributed by atoms with Gasteiger partial charge in [-0.1, -0.05) is 6.92 Å². The lowest BCUT2D eigenvalue weighted by atomic mass is 10.1. The normalized spacial score (nSPS) is 15.1. The van der Waals surface area contributed by atoms with Gasteiger partial charge in [-0.2, -0.15) is 0 Å². The molecule has 4 heteroatoms. The average Bonchev–Trinajstić information content (AvgIpc) is 1.78. The third kappa shape index (κ3) is 7.06. The van der Waals surface area contributed by atoms with Crippen LogP contribution in [-0.2, 0) is 9.53 Å². The van der Waals surface area contributed by atoms with Crippen molar-refractivity contribution in [2.45, 2.75) is 52.4 Å². The molecule has 14 heavy (non-hydrogen) atoms. The highest BCUT2D eigenvalue weighted by Gasteiger charge is 2.29. The average molecular weight is 220 g/mol. The second kappa shape index (κ2) is 4.42. The molecule has 0 saturated carbocycles. The summed E-state index contributed by atoms with van der Waals surface area (Å²) in [6, 6.07) is 0.335. The Balaban J connectivity index is 4.15. The Morgan fingerprint density at radius 3 is 2.14 bits per heavy atom. The topological polar surface area (TPSA) is 26.3 Å². The van der Waals surface area contributed by atoms with Crippen molar-refractivity contribution in [3.8, 4) is 0 Å². The number of ether oxygens (including phenoxy) is 1. The molecule has 0 spiro atoms. The lowest BCUT2D eigenvalue weighted by Gasteiger charge is -2.23. The second-order valence-corrected chi connectivity index (χ2v) is 9.20. The Kier molecular flexibility index (Phi) is 4.30. The fourth-order valence-corrected chi connectivity index (χ4v) is 2.84. The monoisotopic (exact) mass is 220 g/mol. The van der Waals surface area contributed by atoms with E-state index >= 15 is 0 Å². The predicted molar refractivity (Wildman–Crippen MR) is 58.4 cm³/mol. The molecule has 0 saturated heterocycles. The summed E-state index contributed by atoms with van der Waals surface area (Å²) in [6.07, 6.45) is 0. The first-order chi connectivity index (χ1) is 6.01. The molecule has 0 aromatic carbocycles. The molecule has 0 heterocycles. The van der Waals surface area contributed by atoms with E-state index in [1.165, 1.54) is 0 Å². The Morgan fingerprint density at radius 2 is 1.86 bits per heavy atom. The molecule has 0 bridgehead atoms. The van der Waals surface area contributed by atoms with Gasteiger partial charge in [0.15, 0.2) is 0 Å². The number of esters is 1. The highest BCUT2D eigenvalue weighted by Crippen LogP contribution is 2.21. The smallest absolute Gasteiger partial charge is 0.308 e. The van der Waals surface area contributed by atoms with Crippen LogP contribution in [0.5, 0.6) is 0 Å². The van der Waals surface area contributed by atoms with Crippen molar-refractivity contribution in [3.05, 3.63) is 0 Å². The first-order valence-corrected chi connectivity index (χ1v) is 8.01. The van der Waals surface area contributed by atoms with E-state index < -0.39 is 14.0 Å². The first kappa shape index (κ1) is 13.6. The molecule has 0 aromatic heterocycles. The van der Waals surface area contributed by atoms with E-state index in [1.807, 2.05) is 20.8 Å². The lowest BCUT2D eigenvalue weighted by molar-refractivity contribution is -0.158. The number of hydrogen-bond donors (Lipinski definition) is 0. The van der Waals surface area contributed by atoms with Crippen molar-refractivity contribution in [2.75, 3.05) is 0 Å². The van der Waals surface area contributed by atoms with E-state index in [4.69, 9.17) is 4.74 Å². The highest BCUT2D eigenvalue weighted by molar-refractivity contribution is 6.70. The number of carbonyl (C=O) groups is 1. The van der Waals surface area contributed by atoms with Crippen molar-refractivity contribution >= 4 is 14.4 Å². The lowest BCUT2D eigenvalue weighted by Crippen LogP contribution is -2.31. The van der Waals surface area contributed by atoms with Gasteiger partial charge in [0.05, 0.1) is 5.92 Å². The van der Waals surface area contributed by atoms with E-state index in [0.717, 1.165) is 0 Å². The van der Waals surface area contributed by atoms with Gasteiger partial charge in [-0.3, -0.25) is 4.79 Å². The van der Waals surface area contributed by atoms with Gasteiger partial charge in [0.25, 0.3) is 0 Å². The second-order valence-electron chi connectivity index (χ2n) is 5.36. The van der Waals surface area contributed by atoms with Crippen LogP contribution in [0, 0.1) is 5.92 Å². The van der Waals surface area contributed by atoms with Gasteiger partial charge < -0.3 is 8.84 Å². The van der Waals surface area contributed by atoms with Gasteiger partial charge in [-0.05, 0) is 39.9 Å². The predicted octanol–water partition coefficient (Wildman–Crippen LogP) is 3.14. The standard InChI is InChI=1S/C10H21FO2Si/c1-8(7-14(5,6)11)9(12)13-10(2,3)4/h8H,7H2,1-6H3. The van der Waals surface area contributed by atoms with Crippen molar-refractivity contribution in [1.29, 1.82) is 0 Å². The molecular formula is C10H21FO2Si. The zero-order valence-corrected chi connectivity index (χ0v) is 11.0. The summed E-state index contributed by atoms with van der Waals surface area (Å²) in [5.74, 6) is -0.628. The molecule has 0 aromatic rings. The Labute approximate surface area is 87.0 Å². The van der Waals surface area contributed by atoms with Crippen LogP contribution in [0.15, 0.2) is 0 Å². The fraction of sp³-hybridized carbons (Fsp3) is 0.900. The maximum Gasteiger partial charge on any atom is 0.308 e. The van der Waals surface area contributed by atoms with Gasteiger partial charge >= 0.3 is 5.97 Å². The molecule has 2 nitrogen and oxygen atoms in total. The van der Waals surface area contributed by atoms with Crippen molar-refractivity contribution in [1.82, 2.24) is 0 Å². The van der Waals surface area contributed by atoms with E-state index in [0.29, 0.717) is 6.04 Å². The first-order valence-electron chi connectivity index (χ1n) is 4.93. The van der Waals surface area contributed by atoms with Crippen LogP contribution in [0.1, 0.15) is 27.7 Å². The Morgan fingerprint density at radius 1 is 1.43 bits per heavy atom. The molecule has 0 fully saturated rings. The summed E-state index contributed by atoms with van der Waals surface area (Å²) in [7, 11) is -2.66. The fourth-order valence-electron chi connectivity index (χ4n) is 1.21. The molecule has 0 aliphatic rings. The van der Waals surface area contributed by atoms with Crippen molar-refractivity contribution in [3.63, 3.8) is 0 Å². The number of carbonyl (C=O) groups excluding carboxylic acids is 1. The van der Waals surface area contributed by atoms with Crippen LogP contribution in [0.3, 0.4) is 0 Å². The van der Waals surface area contributed by atoms with Gasteiger partial charge in [-0.15, -0.1) is 0 Å². The summed E-state index contributed by atoms with van der Waals surface area (Å²) >= 11 is 0. The zero-order valence-electron chi connectivity index (χ0n) is 9.98. The number of halogens is 1. The minimum atomic E-state index is -2.66. The summed E-state index contributed by atoms with van der Waals surface area (Å²) < 4.78 is 18.5. The minimum Gasteiger partial charge on any atom is -0.460 e. The van der Waals surface area contributed by atoms with Crippen LogP contribution in [0.4, 0.5) is 4.11 Å². The van der Waals surface area contributed by atoms with Gasteiger partial charge in [0.2, 0.25) is 8.41 Å². The Bertz CT molecular complexity index is 203. The molecular weight excluding hydrogens is 199 g/mol. The molecule has 1 unspecified atom stereocenters. The molecule has 0 radical (unpaired) electrons. The van der Waals surface area contributed by atoms with Crippen LogP contribution in [-0.4, -0.2) is 20.0 Å². The van der Waals surface area contributed by atoms with Gasteiger partial charge in [0, 0.05) is 0 Å². The third-order valence-electron chi connectivity index (χ3n) is 1.60. The van der Waals surface area contributed by atoms with Gasteiger partial charge in [0.1, 0.15) is 5.60 Å². The molecule has 1 atom stereocenters. The van der Waals surface area contributed by atoms with Gasteiger partial charge in [-0.25, -0.2) is 0 Å². The highest BCUT2D eigenvalue weighted by atomic mass is 28.4. The molecule has 0 amide bonds. The van der Waals surface area contributed by atoms with E-state index in [1.54, 1.807) is 20.0 Å². The summed E-state index contributed by atoms with van der Waals surface area (Å²) in [5.41, 5.74) is -0.479. The molecule has 0 N–H and O–H groups in total. The summed E-state index contributed by atoms with van der Waals surface area (Å²) in [6.45, 7) is 10.4. The zero-order chi connectivity index (χ0) is 11.6.